The first-order valence-corrected chi connectivity index (χ1v) is 5.71. The molecule has 0 aliphatic heterocycles. The zero-order valence-corrected chi connectivity index (χ0v) is 10.5. The summed E-state index contributed by atoms with van der Waals surface area (Å²) in [6.45, 7) is 4.01. The van der Waals surface area contributed by atoms with Crippen LogP contribution in [0.5, 0.6) is 0 Å². The van der Waals surface area contributed by atoms with E-state index in [0.29, 0.717) is 0 Å². The van der Waals surface area contributed by atoms with Crippen LogP contribution in [-0.4, -0.2) is 20.9 Å². The van der Waals surface area contributed by atoms with Crippen molar-refractivity contribution in [1.29, 1.82) is 0 Å². The number of hydrogen-bond donors (Lipinski definition) is 1. The lowest BCUT2D eigenvalue weighted by molar-refractivity contribution is 0.0697. The largest absolute Gasteiger partial charge is 0.478 e. The molecule has 1 N–H and O–H groups in total. The van der Waals surface area contributed by atoms with E-state index in [2.05, 4.69) is 21.0 Å². The minimum absolute atomic E-state index is 0.192. The van der Waals surface area contributed by atoms with Gasteiger partial charge in [-0.25, -0.2) is 4.79 Å². The lowest BCUT2D eigenvalue weighted by Gasteiger charge is -2.06. The van der Waals surface area contributed by atoms with Gasteiger partial charge in [-0.15, -0.1) is 0 Å². The lowest BCUT2D eigenvalue weighted by Crippen LogP contribution is -2.03. The summed E-state index contributed by atoms with van der Waals surface area (Å²) >= 11 is 3.37. The van der Waals surface area contributed by atoms with E-state index in [4.69, 9.17) is 5.11 Å². The maximum absolute atomic E-state index is 10.9. The topological polar surface area (TPSA) is 55.1 Å². The predicted octanol–water partition coefficient (Wildman–Crippen LogP) is 3.08. The zero-order chi connectivity index (χ0) is 11.9. The molecule has 1 aromatic carbocycles. The van der Waals surface area contributed by atoms with Crippen molar-refractivity contribution in [2.75, 3.05) is 0 Å². The first-order valence-electron chi connectivity index (χ1n) is 4.91. The van der Waals surface area contributed by atoms with Crippen molar-refractivity contribution in [3.8, 4) is 0 Å². The van der Waals surface area contributed by atoms with Gasteiger partial charge in [-0.3, -0.25) is 4.68 Å². The molecule has 4 nitrogen and oxygen atoms in total. The molecule has 0 aliphatic rings. The molecule has 5 heteroatoms. The lowest BCUT2D eigenvalue weighted by atomic mass is 10.1. The molecule has 0 unspecified atom stereocenters. The Labute approximate surface area is 101 Å². The van der Waals surface area contributed by atoms with Crippen molar-refractivity contribution in [2.24, 2.45) is 0 Å². The molecule has 0 radical (unpaired) electrons. The molecule has 0 atom stereocenters. The van der Waals surface area contributed by atoms with Crippen LogP contribution >= 0.6 is 15.9 Å². The fourth-order valence-corrected chi connectivity index (χ4v) is 2.13. The predicted molar refractivity (Wildman–Crippen MR) is 64.8 cm³/mol. The number of rotatable bonds is 2. The van der Waals surface area contributed by atoms with Crippen LogP contribution in [0.25, 0.3) is 10.9 Å². The van der Waals surface area contributed by atoms with E-state index < -0.39 is 5.97 Å². The number of aromatic carboxylic acids is 1. The van der Waals surface area contributed by atoms with Crippen LogP contribution in [0.15, 0.2) is 22.8 Å². The molecule has 16 heavy (non-hydrogen) atoms. The van der Waals surface area contributed by atoms with Crippen molar-refractivity contribution in [2.45, 2.75) is 19.9 Å². The van der Waals surface area contributed by atoms with Gasteiger partial charge in [0.1, 0.15) is 4.60 Å². The maximum Gasteiger partial charge on any atom is 0.335 e. The Bertz CT molecular complexity index is 560. The molecule has 0 saturated heterocycles. The zero-order valence-electron chi connectivity index (χ0n) is 8.94. The van der Waals surface area contributed by atoms with Crippen molar-refractivity contribution in [1.82, 2.24) is 9.78 Å². The van der Waals surface area contributed by atoms with Gasteiger partial charge in [0.25, 0.3) is 0 Å². The summed E-state index contributed by atoms with van der Waals surface area (Å²) in [6.07, 6.45) is 0. The molecule has 2 aromatic rings. The number of hydrogen-bond acceptors (Lipinski definition) is 2. The van der Waals surface area contributed by atoms with E-state index in [0.717, 1.165) is 15.5 Å². The quantitative estimate of drug-likeness (QED) is 0.921. The summed E-state index contributed by atoms with van der Waals surface area (Å²) in [5, 5.41) is 14.2. The number of carboxylic acids is 1. The number of halogens is 1. The molecule has 0 bridgehead atoms. The Hall–Kier alpha value is -1.36. The highest BCUT2D eigenvalue weighted by Crippen LogP contribution is 2.26. The monoisotopic (exact) mass is 282 g/mol. The Morgan fingerprint density at radius 2 is 2.19 bits per heavy atom. The van der Waals surface area contributed by atoms with Gasteiger partial charge >= 0.3 is 5.97 Å². The third-order valence-corrected chi connectivity index (χ3v) is 2.98. The van der Waals surface area contributed by atoms with Crippen LogP contribution in [0.4, 0.5) is 0 Å². The number of nitrogens with zero attached hydrogens (tertiary/aromatic N) is 2. The van der Waals surface area contributed by atoms with Gasteiger partial charge in [0.2, 0.25) is 0 Å². The number of aromatic nitrogens is 2. The second kappa shape index (κ2) is 3.90. The number of carboxylic acid groups (broad SMARTS) is 1. The normalized spacial score (nSPS) is 11.2. The molecule has 0 saturated carbocycles. The summed E-state index contributed by atoms with van der Waals surface area (Å²) < 4.78 is 2.56. The number of benzene rings is 1. The highest BCUT2D eigenvalue weighted by atomic mass is 79.9. The van der Waals surface area contributed by atoms with Gasteiger partial charge in [-0.2, -0.15) is 5.10 Å². The fourth-order valence-electron chi connectivity index (χ4n) is 1.62. The fraction of sp³-hybridized carbons (Fsp3) is 0.273. The van der Waals surface area contributed by atoms with Gasteiger partial charge in [-0.1, -0.05) is 0 Å². The van der Waals surface area contributed by atoms with Gasteiger partial charge in [0.15, 0.2) is 0 Å². The standard InChI is InChI=1S/C11H11BrN2O2/c1-6(2)14-9-5-7(11(15)16)3-4-8(9)10(12)13-14/h3-6H,1-2H3,(H,15,16). The van der Waals surface area contributed by atoms with E-state index in [9.17, 15) is 4.79 Å². The average Bonchev–Trinajstić information content (AvgIpc) is 2.56. The van der Waals surface area contributed by atoms with Gasteiger partial charge in [-0.05, 0) is 48.0 Å². The van der Waals surface area contributed by atoms with Crippen LogP contribution in [-0.2, 0) is 0 Å². The highest BCUT2D eigenvalue weighted by Gasteiger charge is 2.13. The molecule has 0 spiro atoms. The average molecular weight is 283 g/mol. The Morgan fingerprint density at radius 1 is 1.50 bits per heavy atom. The second-order valence-electron chi connectivity index (χ2n) is 3.87. The minimum atomic E-state index is -0.922. The number of carbonyl (C=O) groups is 1. The van der Waals surface area contributed by atoms with Crippen molar-refractivity contribution >= 4 is 32.8 Å². The van der Waals surface area contributed by atoms with Crippen molar-refractivity contribution < 1.29 is 9.90 Å². The summed E-state index contributed by atoms with van der Waals surface area (Å²) in [4.78, 5) is 10.9. The Kier molecular flexibility index (Phi) is 2.71. The van der Waals surface area contributed by atoms with E-state index in [-0.39, 0.29) is 11.6 Å². The third kappa shape index (κ3) is 1.71. The molecular formula is C11H11BrN2O2. The van der Waals surface area contributed by atoms with Crippen LogP contribution in [0, 0.1) is 0 Å². The van der Waals surface area contributed by atoms with Crippen LogP contribution in [0.3, 0.4) is 0 Å². The minimum Gasteiger partial charge on any atom is -0.478 e. The van der Waals surface area contributed by atoms with E-state index in [1.165, 1.54) is 0 Å². The number of fused-ring (bicyclic) bond motifs is 1. The van der Waals surface area contributed by atoms with Crippen LogP contribution in [0.2, 0.25) is 0 Å². The maximum atomic E-state index is 10.9. The smallest absolute Gasteiger partial charge is 0.335 e. The molecule has 0 amide bonds. The Balaban J connectivity index is 2.74. The summed E-state index contributed by atoms with van der Waals surface area (Å²) in [7, 11) is 0. The van der Waals surface area contributed by atoms with Crippen molar-refractivity contribution in [3.05, 3.63) is 28.4 Å². The van der Waals surface area contributed by atoms with Gasteiger partial charge < -0.3 is 5.11 Å². The third-order valence-electron chi connectivity index (χ3n) is 2.40. The molecule has 0 aliphatic carbocycles. The molecular weight excluding hydrogens is 272 g/mol. The van der Waals surface area contributed by atoms with Crippen LogP contribution in [0.1, 0.15) is 30.2 Å². The van der Waals surface area contributed by atoms with Gasteiger partial charge in [0, 0.05) is 11.4 Å². The first kappa shape index (κ1) is 11.1. The van der Waals surface area contributed by atoms with E-state index in [1.54, 1.807) is 18.2 Å². The summed E-state index contributed by atoms with van der Waals surface area (Å²) in [6, 6.07) is 5.20. The molecule has 2 rings (SSSR count). The molecule has 0 fully saturated rings. The van der Waals surface area contributed by atoms with E-state index >= 15 is 0 Å². The van der Waals surface area contributed by atoms with E-state index in [1.807, 2.05) is 18.5 Å². The molecule has 1 heterocycles. The Morgan fingerprint density at radius 3 is 2.75 bits per heavy atom. The SMILES string of the molecule is CC(C)n1nc(Br)c2ccc(C(=O)O)cc21. The molecule has 1 aromatic heterocycles. The molecule has 84 valence electrons. The highest BCUT2D eigenvalue weighted by molar-refractivity contribution is 9.10. The summed E-state index contributed by atoms with van der Waals surface area (Å²) in [5.41, 5.74) is 1.11. The van der Waals surface area contributed by atoms with Crippen molar-refractivity contribution in [3.63, 3.8) is 0 Å². The van der Waals surface area contributed by atoms with Crippen LogP contribution < -0.4 is 0 Å². The first-order chi connectivity index (χ1) is 7.50. The second-order valence-corrected chi connectivity index (χ2v) is 4.62. The van der Waals surface area contributed by atoms with Gasteiger partial charge in [0.05, 0.1) is 11.1 Å². The summed E-state index contributed by atoms with van der Waals surface area (Å²) in [5.74, 6) is -0.922.